The normalized spacial score (nSPS) is 17.5. The fourth-order valence-corrected chi connectivity index (χ4v) is 3.23. The Bertz CT molecular complexity index is 519. The molecule has 1 fully saturated rings. The van der Waals surface area contributed by atoms with E-state index in [4.69, 9.17) is 9.47 Å². The molecule has 2 N–H and O–H groups in total. The van der Waals surface area contributed by atoms with Crippen LogP contribution in [-0.2, 0) is 9.53 Å². The molecule has 0 spiro atoms. The van der Waals surface area contributed by atoms with Gasteiger partial charge in [-0.05, 0) is 51.1 Å². The Morgan fingerprint density at radius 2 is 2.12 bits per heavy atom. The Hall–Kier alpha value is -0.820. The van der Waals surface area contributed by atoms with Crippen LogP contribution in [0.25, 0.3) is 0 Å². The van der Waals surface area contributed by atoms with Gasteiger partial charge < -0.3 is 20.1 Å². The molecule has 1 aliphatic rings. The van der Waals surface area contributed by atoms with Gasteiger partial charge in [-0.15, -0.1) is 12.4 Å². The Labute approximate surface area is 158 Å². The van der Waals surface area contributed by atoms with Crippen molar-refractivity contribution < 1.29 is 14.3 Å². The topological polar surface area (TPSA) is 59.6 Å². The number of nitrogens with one attached hydrogen (secondary N) is 2. The van der Waals surface area contributed by atoms with Crippen LogP contribution in [0.2, 0.25) is 0 Å². The van der Waals surface area contributed by atoms with Crippen molar-refractivity contribution in [3.8, 4) is 5.75 Å². The Morgan fingerprint density at radius 3 is 2.75 bits per heavy atom. The van der Waals surface area contributed by atoms with Crippen LogP contribution in [0.4, 0.5) is 0 Å². The Morgan fingerprint density at radius 1 is 1.42 bits per heavy atom. The summed E-state index contributed by atoms with van der Waals surface area (Å²) < 4.78 is 12.0. The van der Waals surface area contributed by atoms with E-state index in [1.807, 2.05) is 24.3 Å². The second kappa shape index (κ2) is 10.2. The van der Waals surface area contributed by atoms with Gasteiger partial charge in [0.1, 0.15) is 5.75 Å². The fraction of sp³-hybridized carbons (Fsp3) is 0.588. The highest BCUT2D eigenvalue weighted by Gasteiger charge is 2.33. The number of hydrogen-bond acceptors (Lipinski definition) is 4. The minimum Gasteiger partial charge on any atom is -0.481 e. The highest BCUT2D eigenvalue weighted by Crippen LogP contribution is 2.28. The van der Waals surface area contributed by atoms with E-state index in [0.717, 1.165) is 30.4 Å². The molecule has 0 aromatic heterocycles. The quantitative estimate of drug-likeness (QED) is 0.711. The van der Waals surface area contributed by atoms with Gasteiger partial charge in [-0.25, -0.2) is 0 Å². The zero-order valence-corrected chi connectivity index (χ0v) is 16.5. The second-order valence-corrected chi connectivity index (χ2v) is 7.03. The number of rotatable bonds is 7. The summed E-state index contributed by atoms with van der Waals surface area (Å²) in [6.07, 6.45) is 1.47. The first-order valence-corrected chi connectivity index (χ1v) is 8.74. The molecule has 2 rings (SSSR count). The summed E-state index contributed by atoms with van der Waals surface area (Å²) >= 11 is 3.40. The molecule has 5 nitrogen and oxygen atoms in total. The van der Waals surface area contributed by atoms with Crippen molar-refractivity contribution in [1.29, 1.82) is 0 Å². The van der Waals surface area contributed by atoms with Crippen LogP contribution in [0.1, 0.15) is 19.8 Å². The summed E-state index contributed by atoms with van der Waals surface area (Å²) in [5, 5.41) is 6.38. The molecule has 136 valence electrons. The van der Waals surface area contributed by atoms with E-state index < -0.39 is 6.10 Å². The van der Waals surface area contributed by atoms with Crippen LogP contribution >= 0.6 is 28.3 Å². The van der Waals surface area contributed by atoms with Crippen LogP contribution in [0.15, 0.2) is 28.7 Å². The molecule has 1 atom stereocenters. The first kappa shape index (κ1) is 21.2. The van der Waals surface area contributed by atoms with E-state index >= 15 is 0 Å². The molecule has 1 aromatic rings. The van der Waals surface area contributed by atoms with Gasteiger partial charge >= 0.3 is 0 Å². The molecular weight excluding hydrogens is 396 g/mol. The molecule has 1 unspecified atom stereocenters. The first-order chi connectivity index (χ1) is 11.0. The maximum absolute atomic E-state index is 12.3. The third kappa shape index (κ3) is 6.24. The predicted octanol–water partition coefficient (Wildman–Crippen LogP) is 2.77. The van der Waals surface area contributed by atoms with Gasteiger partial charge in [-0.3, -0.25) is 4.79 Å². The molecule has 24 heavy (non-hydrogen) atoms. The van der Waals surface area contributed by atoms with E-state index in [1.54, 1.807) is 14.0 Å². The summed E-state index contributed by atoms with van der Waals surface area (Å²) in [5.74, 6) is 0.578. The molecule has 0 saturated carbocycles. The number of methoxy groups -OCH3 is 1. The number of piperidine rings is 1. The minimum atomic E-state index is -0.536. The van der Waals surface area contributed by atoms with E-state index in [1.165, 1.54) is 0 Å². The standard InChI is InChI=1S/C17H25BrN2O3.ClH/c1-13(23-15-5-3-4-14(18)10-15)16(21)20-11-17(12-22-2)6-8-19-9-7-17;/h3-5,10,13,19H,6-9,11-12H2,1-2H3,(H,20,21);1H. The first-order valence-electron chi connectivity index (χ1n) is 7.94. The van der Waals surface area contributed by atoms with Crippen LogP contribution in [0.3, 0.4) is 0 Å². The maximum atomic E-state index is 12.3. The number of halogens is 2. The average molecular weight is 422 g/mol. The van der Waals surface area contributed by atoms with E-state index in [-0.39, 0.29) is 23.7 Å². The summed E-state index contributed by atoms with van der Waals surface area (Å²) in [4.78, 5) is 12.3. The molecule has 1 amide bonds. The number of hydrogen-bond donors (Lipinski definition) is 2. The largest absolute Gasteiger partial charge is 0.481 e. The zero-order valence-electron chi connectivity index (χ0n) is 14.1. The third-order valence-electron chi connectivity index (χ3n) is 4.23. The van der Waals surface area contributed by atoms with Crippen molar-refractivity contribution >= 4 is 34.2 Å². The van der Waals surface area contributed by atoms with E-state index in [0.29, 0.717) is 18.9 Å². The minimum absolute atomic E-state index is 0. The predicted molar refractivity (Wildman–Crippen MR) is 101 cm³/mol. The lowest BCUT2D eigenvalue weighted by Gasteiger charge is -2.37. The zero-order chi connectivity index (χ0) is 16.7. The average Bonchev–Trinajstić information content (AvgIpc) is 2.54. The lowest BCUT2D eigenvalue weighted by molar-refractivity contribution is -0.128. The molecule has 0 bridgehead atoms. The van der Waals surface area contributed by atoms with E-state index in [9.17, 15) is 4.79 Å². The fourth-order valence-electron chi connectivity index (χ4n) is 2.85. The van der Waals surface area contributed by atoms with Gasteiger partial charge in [-0.1, -0.05) is 22.0 Å². The van der Waals surface area contributed by atoms with Gasteiger partial charge in [0.15, 0.2) is 6.10 Å². The lowest BCUT2D eigenvalue weighted by atomic mass is 9.79. The van der Waals surface area contributed by atoms with Crippen molar-refractivity contribution in [2.24, 2.45) is 5.41 Å². The lowest BCUT2D eigenvalue weighted by Crippen LogP contribution is -2.49. The molecule has 7 heteroatoms. The number of carbonyl (C=O) groups excluding carboxylic acids is 1. The summed E-state index contributed by atoms with van der Waals surface area (Å²) in [7, 11) is 1.71. The second-order valence-electron chi connectivity index (χ2n) is 6.12. The smallest absolute Gasteiger partial charge is 0.260 e. The summed E-state index contributed by atoms with van der Waals surface area (Å²) in [6.45, 7) is 4.97. The SMILES string of the molecule is COCC1(CNC(=O)C(C)Oc2cccc(Br)c2)CCNCC1.Cl. The number of ether oxygens (including phenoxy) is 2. The maximum Gasteiger partial charge on any atom is 0.260 e. The van der Waals surface area contributed by atoms with Gasteiger partial charge in [0, 0.05) is 23.5 Å². The van der Waals surface area contributed by atoms with E-state index in [2.05, 4.69) is 26.6 Å². The third-order valence-corrected chi connectivity index (χ3v) is 4.72. The highest BCUT2D eigenvalue weighted by atomic mass is 79.9. The van der Waals surface area contributed by atoms with Crippen LogP contribution in [-0.4, -0.2) is 45.4 Å². The summed E-state index contributed by atoms with van der Waals surface area (Å²) in [6, 6.07) is 7.49. The molecule has 0 radical (unpaired) electrons. The van der Waals surface area contributed by atoms with Crippen molar-refractivity contribution in [2.75, 3.05) is 33.4 Å². The van der Waals surface area contributed by atoms with Crippen molar-refractivity contribution in [2.45, 2.75) is 25.9 Å². The number of amides is 1. The number of benzene rings is 1. The van der Waals surface area contributed by atoms with Gasteiger partial charge in [0.05, 0.1) is 6.61 Å². The number of carbonyl (C=O) groups is 1. The Kier molecular flexibility index (Phi) is 9.05. The van der Waals surface area contributed by atoms with Crippen molar-refractivity contribution in [3.05, 3.63) is 28.7 Å². The molecule has 0 aliphatic carbocycles. The molecule has 1 aliphatic heterocycles. The van der Waals surface area contributed by atoms with Gasteiger partial charge in [0.25, 0.3) is 5.91 Å². The van der Waals surface area contributed by atoms with Crippen LogP contribution in [0.5, 0.6) is 5.75 Å². The monoisotopic (exact) mass is 420 g/mol. The molecule has 1 saturated heterocycles. The Balaban J connectivity index is 0.00000288. The van der Waals surface area contributed by atoms with Crippen LogP contribution < -0.4 is 15.4 Å². The van der Waals surface area contributed by atoms with Gasteiger partial charge in [0.2, 0.25) is 0 Å². The summed E-state index contributed by atoms with van der Waals surface area (Å²) in [5.41, 5.74) is 0.0190. The highest BCUT2D eigenvalue weighted by molar-refractivity contribution is 9.10. The molecular formula is C17H26BrClN2O3. The van der Waals surface area contributed by atoms with Crippen LogP contribution in [0, 0.1) is 5.41 Å². The van der Waals surface area contributed by atoms with Crippen molar-refractivity contribution in [1.82, 2.24) is 10.6 Å². The molecule has 1 aromatic carbocycles. The molecule has 1 heterocycles. The van der Waals surface area contributed by atoms with Gasteiger partial charge in [-0.2, -0.15) is 0 Å². The van der Waals surface area contributed by atoms with Crippen molar-refractivity contribution in [3.63, 3.8) is 0 Å².